The number of nitrogens with one attached hydrogen (secondary N) is 2. The van der Waals surface area contributed by atoms with E-state index in [4.69, 9.17) is 0 Å². The Balaban J connectivity index is 1.75. The number of aromatic nitrogens is 2. The Labute approximate surface area is 120 Å². The summed E-state index contributed by atoms with van der Waals surface area (Å²) in [5.41, 5.74) is -1.14. The molecule has 1 saturated heterocycles. The number of amides is 2. The standard InChI is InChI=1S/C13H18N4O4/c18-10-4-8-17(13(21)15-10)9-11(19)14-5-3-12(20)16-6-1-2-7-16/h4,8H,1-3,5-7,9H2,(H,14,19)(H,15,18,21). The van der Waals surface area contributed by atoms with E-state index in [1.807, 2.05) is 0 Å². The van der Waals surface area contributed by atoms with E-state index in [0.717, 1.165) is 30.5 Å². The lowest BCUT2D eigenvalue weighted by Crippen LogP contribution is -2.37. The molecule has 0 radical (unpaired) electrons. The average molecular weight is 294 g/mol. The minimum atomic E-state index is -0.634. The third-order valence-electron chi connectivity index (χ3n) is 3.33. The fourth-order valence-corrected chi connectivity index (χ4v) is 2.21. The van der Waals surface area contributed by atoms with Crippen LogP contribution in [0.1, 0.15) is 19.3 Å². The molecular formula is C13H18N4O4. The SMILES string of the molecule is O=C(Cn1ccc(=O)[nH]c1=O)NCCC(=O)N1CCCC1. The lowest BCUT2D eigenvalue weighted by atomic mass is 10.3. The van der Waals surface area contributed by atoms with Gasteiger partial charge in [-0.05, 0) is 12.8 Å². The van der Waals surface area contributed by atoms with Crippen molar-refractivity contribution in [3.63, 3.8) is 0 Å². The highest BCUT2D eigenvalue weighted by molar-refractivity contribution is 5.79. The first-order valence-corrected chi connectivity index (χ1v) is 6.90. The molecule has 1 aliphatic heterocycles. The van der Waals surface area contributed by atoms with E-state index in [1.165, 1.54) is 12.3 Å². The zero-order valence-corrected chi connectivity index (χ0v) is 11.6. The van der Waals surface area contributed by atoms with E-state index in [1.54, 1.807) is 4.90 Å². The third-order valence-corrected chi connectivity index (χ3v) is 3.33. The largest absolute Gasteiger partial charge is 0.354 e. The summed E-state index contributed by atoms with van der Waals surface area (Å²) in [6, 6.07) is 1.17. The van der Waals surface area contributed by atoms with Gasteiger partial charge in [0, 0.05) is 38.3 Å². The molecule has 0 aromatic carbocycles. The number of H-pyrrole nitrogens is 1. The fraction of sp³-hybridized carbons (Fsp3) is 0.538. The predicted molar refractivity (Wildman–Crippen MR) is 74.8 cm³/mol. The summed E-state index contributed by atoms with van der Waals surface area (Å²) in [6.07, 6.45) is 3.59. The smallest absolute Gasteiger partial charge is 0.328 e. The van der Waals surface area contributed by atoms with Crippen molar-refractivity contribution in [2.75, 3.05) is 19.6 Å². The Bertz CT molecular complexity index is 628. The van der Waals surface area contributed by atoms with Crippen LogP contribution in [0.3, 0.4) is 0 Å². The average Bonchev–Trinajstić information content (AvgIpc) is 2.96. The molecule has 8 heteroatoms. The van der Waals surface area contributed by atoms with Gasteiger partial charge >= 0.3 is 5.69 Å². The Hall–Kier alpha value is -2.38. The van der Waals surface area contributed by atoms with Gasteiger partial charge in [0.05, 0.1) is 0 Å². The monoisotopic (exact) mass is 294 g/mol. The lowest BCUT2D eigenvalue weighted by Gasteiger charge is -2.15. The van der Waals surface area contributed by atoms with Crippen molar-refractivity contribution in [2.45, 2.75) is 25.8 Å². The quantitative estimate of drug-likeness (QED) is 0.701. The first-order chi connectivity index (χ1) is 10.1. The van der Waals surface area contributed by atoms with Crippen molar-refractivity contribution < 1.29 is 9.59 Å². The van der Waals surface area contributed by atoms with Gasteiger partial charge < -0.3 is 10.2 Å². The van der Waals surface area contributed by atoms with E-state index in [0.29, 0.717) is 0 Å². The molecule has 0 atom stereocenters. The molecule has 8 nitrogen and oxygen atoms in total. The minimum Gasteiger partial charge on any atom is -0.354 e. The summed E-state index contributed by atoms with van der Waals surface area (Å²) in [6.45, 7) is 1.64. The molecule has 0 unspecified atom stereocenters. The lowest BCUT2D eigenvalue weighted by molar-refractivity contribution is -0.130. The highest BCUT2D eigenvalue weighted by Gasteiger charge is 2.17. The van der Waals surface area contributed by atoms with Crippen LogP contribution < -0.4 is 16.6 Å². The van der Waals surface area contributed by atoms with Gasteiger partial charge in [-0.1, -0.05) is 0 Å². The molecule has 0 spiro atoms. The van der Waals surface area contributed by atoms with Crippen LogP contribution >= 0.6 is 0 Å². The van der Waals surface area contributed by atoms with Crippen molar-refractivity contribution in [1.29, 1.82) is 0 Å². The molecule has 0 saturated carbocycles. The van der Waals surface area contributed by atoms with Gasteiger partial charge in [-0.15, -0.1) is 0 Å². The molecular weight excluding hydrogens is 276 g/mol. The number of rotatable bonds is 5. The van der Waals surface area contributed by atoms with E-state index >= 15 is 0 Å². The second kappa shape index (κ2) is 6.87. The zero-order chi connectivity index (χ0) is 15.2. The molecule has 2 N–H and O–H groups in total. The maximum absolute atomic E-state index is 11.8. The molecule has 2 amide bonds. The Morgan fingerprint density at radius 1 is 1.24 bits per heavy atom. The second-order valence-corrected chi connectivity index (χ2v) is 4.93. The van der Waals surface area contributed by atoms with Crippen molar-refractivity contribution in [3.8, 4) is 0 Å². The van der Waals surface area contributed by atoms with Gasteiger partial charge in [-0.2, -0.15) is 0 Å². The molecule has 21 heavy (non-hydrogen) atoms. The van der Waals surface area contributed by atoms with Gasteiger partial charge in [0.25, 0.3) is 5.56 Å². The number of carbonyl (C=O) groups excluding carboxylic acids is 2. The number of carbonyl (C=O) groups is 2. The Morgan fingerprint density at radius 3 is 2.62 bits per heavy atom. The van der Waals surface area contributed by atoms with Crippen LogP contribution in [0.2, 0.25) is 0 Å². The summed E-state index contributed by atoms with van der Waals surface area (Å²) in [5, 5.41) is 2.59. The molecule has 1 fully saturated rings. The molecule has 0 aliphatic carbocycles. The fourth-order valence-electron chi connectivity index (χ4n) is 2.21. The van der Waals surface area contributed by atoms with Crippen LogP contribution in [0.25, 0.3) is 0 Å². The molecule has 1 aromatic heterocycles. The highest BCUT2D eigenvalue weighted by Crippen LogP contribution is 2.08. The van der Waals surface area contributed by atoms with Gasteiger partial charge in [-0.25, -0.2) is 4.79 Å². The van der Waals surface area contributed by atoms with Crippen LogP contribution in [-0.2, 0) is 16.1 Å². The van der Waals surface area contributed by atoms with Crippen molar-refractivity contribution in [3.05, 3.63) is 33.1 Å². The number of nitrogens with zero attached hydrogens (tertiary/aromatic N) is 2. The van der Waals surface area contributed by atoms with E-state index in [-0.39, 0.29) is 31.3 Å². The van der Waals surface area contributed by atoms with Crippen LogP contribution in [-0.4, -0.2) is 45.9 Å². The third kappa shape index (κ3) is 4.30. The minimum absolute atomic E-state index is 0.0361. The van der Waals surface area contributed by atoms with Crippen LogP contribution in [0.5, 0.6) is 0 Å². The molecule has 2 heterocycles. The van der Waals surface area contributed by atoms with E-state index in [2.05, 4.69) is 10.3 Å². The number of aromatic amines is 1. The summed E-state index contributed by atoms with van der Waals surface area (Å²) in [4.78, 5) is 49.6. The Kier molecular flexibility index (Phi) is 4.91. The highest BCUT2D eigenvalue weighted by atomic mass is 16.2. The van der Waals surface area contributed by atoms with E-state index in [9.17, 15) is 19.2 Å². The Morgan fingerprint density at radius 2 is 1.95 bits per heavy atom. The molecule has 1 aliphatic rings. The predicted octanol–water partition coefficient (Wildman–Crippen LogP) is -1.33. The van der Waals surface area contributed by atoms with Crippen LogP contribution in [0.15, 0.2) is 21.9 Å². The van der Waals surface area contributed by atoms with Gasteiger partial charge in [0.15, 0.2) is 0 Å². The van der Waals surface area contributed by atoms with Crippen LogP contribution in [0, 0.1) is 0 Å². The zero-order valence-electron chi connectivity index (χ0n) is 11.6. The van der Waals surface area contributed by atoms with Gasteiger partial charge in [0.2, 0.25) is 11.8 Å². The van der Waals surface area contributed by atoms with Crippen molar-refractivity contribution >= 4 is 11.8 Å². The first kappa shape index (κ1) is 15.0. The normalized spacial score (nSPS) is 14.2. The second-order valence-electron chi connectivity index (χ2n) is 4.93. The van der Waals surface area contributed by atoms with Gasteiger partial charge in [-0.3, -0.25) is 23.9 Å². The molecule has 0 bridgehead atoms. The maximum Gasteiger partial charge on any atom is 0.328 e. The van der Waals surface area contributed by atoms with E-state index < -0.39 is 11.2 Å². The summed E-state index contributed by atoms with van der Waals surface area (Å²) in [7, 11) is 0. The summed E-state index contributed by atoms with van der Waals surface area (Å²) < 4.78 is 1.10. The topological polar surface area (TPSA) is 104 Å². The van der Waals surface area contributed by atoms with Crippen LogP contribution in [0.4, 0.5) is 0 Å². The number of likely N-dealkylation sites (tertiary alicyclic amines) is 1. The van der Waals surface area contributed by atoms with Crippen molar-refractivity contribution in [1.82, 2.24) is 19.8 Å². The summed E-state index contributed by atoms with van der Waals surface area (Å²) in [5.74, 6) is -0.340. The van der Waals surface area contributed by atoms with Crippen molar-refractivity contribution in [2.24, 2.45) is 0 Å². The first-order valence-electron chi connectivity index (χ1n) is 6.90. The molecule has 114 valence electrons. The summed E-state index contributed by atoms with van der Waals surface area (Å²) >= 11 is 0. The molecule has 2 rings (SSSR count). The molecule has 1 aromatic rings. The number of hydrogen-bond donors (Lipinski definition) is 2. The maximum atomic E-state index is 11.8. The van der Waals surface area contributed by atoms with Gasteiger partial charge in [0.1, 0.15) is 6.54 Å². The number of hydrogen-bond acceptors (Lipinski definition) is 4.